The number of imidazole rings is 1. The smallest absolute Gasteiger partial charge is 0.114 e. The Morgan fingerprint density at radius 1 is 0.476 bits per heavy atom. The maximum absolute atomic E-state index is 5.15. The van der Waals surface area contributed by atoms with Gasteiger partial charge in [0.1, 0.15) is 5.82 Å². The Bertz CT molecular complexity index is 2040. The Morgan fingerprint density at radius 2 is 0.976 bits per heavy atom. The van der Waals surface area contributed by atoms with Crippen molar-refractivity contribution >= 4 is 28.1 Å². The topological polar surface area (TPSA) is 21.1 Å². The first-order valence-electron chi connectivity index (χ1n) is 14.5. The summed E-state index contributed by atoms with van der Waals surface area (Å²) < 4.78 is 2.35. The molecule has 0 saturated heterocycles. The summed E-state index contributed by atoms with van der Waals surface area (Å²) in [6.45, 7) is 2.18. The molecule has 0 atom stereocenters. The molecule has 0 spiro atoms. The molecule has 1 aliphatic rings. The van der Waals surface area contributed by atoms with Gasteiger partial charge in [0.25, 0.3) is 0 Å². The minimum absolute atomic E-state index is 0.862. The SMILES string of the molecule is CCc1nc2cc(-c3ccc(-c4ccc(-c5ccccc5)cc4)cc3)cc3c2n1-c1ccccc1N3c1ccccc1. The zero-order valence-electron chi connectivity index (χ0n) is 23.4. The van der Waals surface area contributed by atoms with Crippen molar-refractivity contribution in [2.24, 2.45) is 0 Å². The molecule has 3 nitrogen and oxygen atoms in total. The highest BCUT2D eigenvalue weighted by atomic mass is 15.2. The van der Waals surface area contributed by atoms with E-state index >= 15 is 0 Å². The fraction of sp³-hybridized carbons (Fsp3) is 0.0513. The van der Waals surface area contributed by atoms with Crippen LogP contribution in [0.4, 0.5) is 17.1 Å². The summed E-state index contributed by atoms with van der Waals surface area (Å²) in [6, 6.07) is 52.1. The molecular weight excluding hydrogens is 510 g/mol. The molecule has 0 saturated carbocycles. The summed E-state index contributed by atoms with van der Waals surface area (Å²) in [4.78, 5) is 7.53. The third kappa shape index (κ3) is 3.93. The lowest BCUT2D eigenvalue weighted by Gasteiger charge is -2.33. The van der Waals surface area contributed by atoms with Crippen molar-refractivity contribution in [2.75, 3.05) is 4.90 Å². The molecule has 3 heteroatoms. The molecule has 0 unspecified atom stereocenters. The highest BCUT2D eigenvalue weighted by Crippen LogP contribution is 2.48. The van der Waals surface area contributed by atoms with Gasteiger partial charge in [-0.1, -0.05) is 116 Å². The highest BCUT2D eigenvalue weighted by Gasteiger charge is 2.29. The minimum atomic E-state index is 0.862. The average molecular weight is 540 g/mol. The monoisotopic (exact) mass is 539 g/mol. The zero-order valence-corrected chi connectivity index (χ0v) is 23.4. The van der Waals surface area contributed by atoms with Gasteiger partial charge in [-0.25, -0.2) is 4.98 Å². The molecule has 8 rings (SSSR count). The molecule has 0 N–H and O–H groups in total. The van der Waals surface area contributed by atoms with Crippen LogP contribution in [0.5, 0.6) is 0 Å². The molecule has 2 heterocycles. The Morgan fingerprint density at radius 3 is 1.57 bits per heavy atom. The molecule has 0 bridgehead atoms. The number of aromatic nitrogens is 2. The first-order valence-corrected chi connectivity index (χ1v) is 14.5. The Balaban J connectivity index is 1.23. The number of rotatable bonds is 5. The summed E-state index contributed by atoms with van der Waals surface area (Å²) in [5.41, 5.74) is 14.0. The number of benzene rings is 6. The zero-order chi connectivity index (χ0) is 28.0. The van der Waals surface area contributed by atoms with Crippen LogP contribution >= 0.6 is 0 Å². The summed E-state index contributed by atoms with van der Waals surface area (Å²) in [6.07, 6.45) is 0.862. The second-order valence-electron chi connectivity index (χ2n) is 10.8. The van der Waals surface area contributed by atoms with Crippen molar-refractivity contribution in [3.05, 3.63) is 151 Å². The quantitative estimate of drug-likeness (QED) is 0.217. The first-order chi connectivity index (χ1) is 20.8. The van der Waals surface area contributed by atoms with Crippen molar-refractivity contribution in [1.82, 2.24) is 9.55 Å². The summed E-state index contributed by atoms with van der Waals surface area (Å²) in [7, 11) is 0. The van der Waals surface area contributed by atoms with E-state index in [-0.39, 0.29) is 0 Å². The van der Waals surface area contributed by atoms with Gasteiger partial charge in [0, 0.05) is 12.1 Å². The molecule has 1 aromatic heterocycles. The van der Waals surface area contributed by atoms with E-state index in [2.05, 4.69) is 162 Å². The molecule has 1 aliphatic heterocycles. The summed E-state index contributed by atoms with van der Waals surface area (Å²) in [5.74, 6) is 1.08. The molecule has 0 radical (unpaired) electrons. The van der Waals surface area contributed by atoms with Crippen molar-refractivity contribution < 1.29 is 0 Å². The van der Waals surface area contributed by atoms with E-state index in [1.54, 1.807) is 0 Å². The van der Waals surface area contributed by atoms with E-state index in [0.29, 0.717) is 0 Å². The number of anilines is 3. The van der Waals surface area contributed by atoms with Crippen LogP contribution in [0.3, 0.4) is 0 Å². The molecule has 200 valence electrons. The predicted octanol–water partition coefficient (Wildman–Crippen LogP) is 10.4. The lowest BCUT2D eigenvalue weighted by atomic mass is 9.97. The third-order valence-electron chi connectivity index (χ3n) is 8.28. The van der Waals surface area contributed by atoms with Gasteiger partial charge in [-0.15, -0.1) is 0 Å². The van der Waals surface area contributed by atoms with Crippen LogP contribution < -0.4 is 4.90 Å². The van der Waals surface area contributed by atoms with Gasteiger partial charge in [-0.05, 0) is 69.8 Å². The van der Waals surface area contributed by atoms with Crippen LogP contribution in [0.1, 0.15) is 12.7 Å². The van der Waals surface area contributed by atoms with E-state index in [4.69, 9.17) is 4.98 Å². The van der Waals surface area contributed by atoms with Gasteiger partial charge in [0.05, 0.1) is 28.1 Å². The highest BCUT2D eigenvalue weighted by molar-refractivity contribution is 6.03. The number of hydrogen-bond acceptors (Lipinski definition) is 2. The van der Waals surface area contributed by atoms with Gasteiger partial charge >= 0.3 is 0 Å². The van der Waals surface area contributed by atoms with Crippen LogP contribution in [0.2, 0.25) is 0 Å². The third-order valence-corrected chi connectivity index (χ3v) is 8.28. The fourth-order valence-corrected chi connectivity index (χ4v) is 6.24. The number of fused-ring (bicyclic) bond motifs is 2. The molecule has 0 fully saturated rings. The average Bonchev–Trinajstić information content (AvgIpc) is 3.45. The van der Waals surface area contributed by atoms with E-state index in [1.165, 1.54) is 33.5 Å². The fourth-order valence-electron chi connectivity index (χ4n) is 6.24. The largest absolute Gasteiger partial charge is 0.306 e. The van der Waals surface area contributed by atoms with Crippen LogP contribution in [-0.2, 0) is 6.42 Å². The number of aryl methyl sites for hydroxylation is 1. The molecule has 42 heavy (non-hydrogen) atoms. The molecule has 0 amide bonds. The van der Waals surface area contributed by atoms with Gasteiger partial charge in [0.2, 0.25) is 0 Å². The Kier molecular flexibility index (Phi) is 5.75. The minimum Gasteiger partial charge on any atom is -0.306 e. The first kappa shape index (κ1) is 24.4. The summed E-state index contributed by atoms with van der Waals surface area (Å²) in [5, 5.41) is 0. The molecule has 7 aromatic rings. The maximum Gasteiger partial charge on any atom is 0.114 e. The van der Waals surface area contributed by atoms with Crippen LogP contribution in [-0.4, -0.2) is 9.55 Å². The summed E-state index contributed by atoms with van der Waals surface area (Å²) >= 11 is 0. The van der Waals surface area contributed by atoms with Crippen molar-refractivity contribution in [1.29, 1.82) is 0 Å². The van der Waals surface area contributed by atoms with Gasteiger partial charge < -0.3 is 4.90 Å². The van der Waals surface area contributed by atoms with E-state index < -0.39 is 0 Å². The number of hydrogen-bond donors (Lipinski definition) is 0. The number of nitrogens with zero attached hydrogens (tertiary/aromatic N) is 3. The van der Waals surface area contributed by atoms with E-state index in [1.807, 2.05) is 0 Å². The van der Waals surface area contributed by atoms with Crippen LogP contribution in [0.25, 0.3) is 50.1 Å². The molecular formula is C39H29N3. The van der Waals surface area contributed by atoms with Crippen molar-refractivity contribution in [3.63, 3.8) is 0 Å². The maximum atomic E-state index is 5.15. The van der Waals surface area contributed by atoms with Crippen LogP contribution in [0.15, 0.2) is 146 Å². The van der Waals surface area contributed by atoms with Crippen molar-refractivity contribution in [3.8, 4) is 39.1 Å². The second kappa shape index (κ2) is 9.90. The molecule has 0 aliphatic carbocycles. The second-order valence-corrected chi connectivity index (χ2v) is 10.8. The van der Waals surface area contributed by atoms with Gasteiger partial charge in [-0.3, -0.25) is 4.57 Å². The van der Waals surface area contributed by atoms with E-state index in [9.17, 15) is 0 Å². The lowest BCUT2D eigenvalue weighted by molar-refractivity contribution is 0.900. The lowest BCUT2D eigenvalue weighted by Crippen LogP contribution is -2.19. The van der Waals surface area contributed by atoms with Crippen LogP contribution in [0, 0.1) is 0 Å². The number of para-hydroxylation sites is 3. The van der Waals surface area contributed by atoms with Crippen molar-refractivity contribution in [2.45, 2.75) is 13.3 Å². The predicted molar refractivity (Wildman–Crippen MR) is 175 cm³/mol. The molecule has 6 aromatic carbocycles. The van der Waals surface area contributed by atoms with E-state index in [0.717, 1.165) is 45.9 Å². The standard InChI is InChI=1S/C39H29N3/c1-2-38-40-34-25-32(31-23-21-30(22-24-31)29-19-17-28(18-20-29)27-11-5-3-6-12-27)26-37-39(34)42(38)36-16-10-9-15-35(36)41(37)33-13-7-4-8-14-33/h3-26H,2H2,1H3. The van der Waals surface area contributed by atoms with Gasteiger partial charge in [-0.2, -0.15) is 0 Å². The Labute approximate surface area is 246 Å². The van der Waals surface area contributed by atoms with Gasteiger partial charge in [0.15, 0.2) is 0 Å². The normalized spacial score (nSPS) is 12.0. The Hall–Kier alpha value is -5.41.